The van der Waals surface area contributed by atoms with Crippen molar-refractivity contribution < 1.29 is 14.6 Å². The number of benzene rings is 1. The van der Waals surface area contributed by atoms with E-state index in [0.29, 0.717) is 12.0 Å². The van der Waals surface area contributed by atoms with E-state index in [2.05, 4.69) is 0 Å². The number of aliphatic hydroxyl groups is 1. The molecule has 0 radical (unpaired) electrons. The predicted octanol–water partition coefficient (Wildman–Crippen LogP) is 1.43. The van der Waals surface area contributed by atoms with Crippen molar-refractivity contribution in [2.45, 2.75) is 44.1 Å². The summed E-state index contributed by atoms with van der Waals surface area (Å²) in [6.45, 7) is 3.92. The summed E-state index contributed by atoms with van der Waals surface area (Å²) in [7, 11) is 0. The fourth-order valence-corrected chi connectivity index (χ4v) is 3.11. The Kier molecular flexibility index (Phi) is 2.78. The predicted molar refractivity (Wildman–Crippen MR) is 70.8 cm³/mol. The molecular weight excluding hydrogens is 242 g/mol. The Morgan fingerprint density at radius 2 is 2.05 bits per heavy atom. The fourth-order valence-electron chi connectivity index (χ4n) is 3.11. The molecule has 1 aliphatic carbocycles. The smallest absolute Gasteiger partial charge is 0.192 e. The third kappa shape index (κ3) is 1.83. The number of nitrogens with two attached hydrogens (primary N) is 1. The summed E-state index contributed by atoms with van der Waals surface area (Å²) < 4.78 is 6.10. The number of carbonyl (C=O) groups is 1. The number of hydrogen-bond donors (Lipinski definition) is 2. The minimum absolute atomic E-state index is 0.179. The number of fused-ring (bicyclic) bond motifs is 3. The van der Waals surface area contributed by atoms with Crippen LogP contribution in [-0.2, 0) is 4.74 Å². The van der Waals surface area contributed by atoms with Crippen molar-refractivity contribution in [3.63, 3.8) is 0 Å². The van der Waals surface area contributed by atoms with Crippen LogP contribution >= 0.6 is 0 Å². The van der Waals surface area contributed by atoms with Crippen LogP contribution in [0.5, 0.6) is 0 Å². The van der Waals surface area contributed by atoms with Crippen LogP contribution in [0, 0.1) is 5.92 Å². The number of ketones is 1. The van der Waals surface area contributed by atoms with E-state index < -0.39 is 11.7 Å². The van der Waals surface area contributed by atoms with Gasteiger partial charge in [-0.3, -0.25) is 4.79 Å². The summed E-state index contributed by atoms with van der Waals surface area (Å²) in [5.74, 6) is -0.460. The molecule has 1 fully saturated rings. The number of aliphatic hydroxyl groups excluding tert-OH is 1. The van der Waals surface area contributed by atoms with Gasteiger partial charge in [-0.1, -0.05) is 24.3 Å². The first-order valence-corrected chi connectivity index (χ1v) is 6.66. The zero-order chi connectivity index (χ0) is 13.8. The van der Waals surface area contributed by atoms with Crippen molar-refractivity contribution in [2.75, 3.05) is 0 Å². The third-order valence-electron chi connectivity index (χ3n) is 4.45. The maximum atomic E-state index is 12.2. The molecule has 1 heterocycles. The van der Waals surface area contributed by atoms with Gasteiger partial charge in [0, 0.05) is 17.5 Å². The van der Waals surface area contributed by atoms with E-state index >= 15 is 0 Å². The Bertz CT molecular complexity index is 526. The van der Waals surface area contributed by atoms with Gasteiger partial charge in [-0.05, 0) is 25.8 Å². The Labute approximate surface area is 112 Å². The van der Waals surface area contributed by atoms with Gasteiger partial charge in [-0.2, -0.15) is 0 Å². The second-order valence-corrected chi connectivity index (χ2v) is 6.04. The molecule has 1 aromatic carbocycles. The van der Waals surface area contributed by atoms with E-state index in [-0.39, 0.29) is 23.8 Å². The molecule has 1 aliphatic heterocycles. The lowest BCUT2D eigenvalue weighted by atomic mass is 9.71. The molecule has 4 nitrogen and oxygen atoms in total. The van der Waals surface area contributed by atoms with E-state index in [1.807, 2.05) is 32.0 Å². The van der Waals surface area contributed by atoms with Gasteiger partial charge in [-0.15, -0.1) is 0 Å². The van der Waals surface area contributed by atoms with E-state index in [0.717, 1.165) is 5.56 Å². The van der Waals surface area contributed by atoms with Crippen molar-refractivity contribution in [1.82, 2.24) is 0 Å². The van der Waals surface area contributed by atoms with E-state index in [1.54, 1.807) is 6.07 Å². The summed E-state index contributed by atoms with van der Waals surface area (Å²) in [6.07, 6.45) is -0.667. The number of carbonyl (C=O) groups excluding carboxylic acids is 1. The lowest BCUT2D eigenvalue weighted by Gasteiger charge is -2.48. The van der Waals surface area contributed by atoms with Gasteiger partial charge in [0.25, 0.3) is 0 Å². The molecule has 1 saturated heterocycles. The minimum Gasteiger partial charge on any atom is -0.385 e. The molecular formula is C15H19NO3. The topological polar surface area (TPSA) is 72.5 Å². The molecule has 0 aromatic heterocycles. The number of hydrogen-bond acceptors (Lipinski definition) is 4. The summed E-state index contributed by atoms with van der Waals surface area (Å²) in [5.41, 5.74) is 7.10. The lowest BCUT2D eigenvalue weighted by Crippen LogP contribution is -2.56. The second kappa shape index (κ2) is 4.13. The highest BCUT2D eigenvalue weighted by Gasteiger charge is 2.49. The maximum Gasteiger partial charge on any atom is 0.192 e. The Morgan fingerprint density at radius 1 is 1.37 bits per heavy atom. The average Bonchev–Trinajstić information content (AvgIpc) is 2.38. The van der Waals surface area contributed by atoms with Gasteiger partial charge in [-0.25, -0.2) is 0 Å². The minimum atomic E-state index is -1.01. The molecule has 0 bridgehead atoms. The molecule has 3 rings (SSSR count). The Balaban J connectivity index is 2.08. The molecule has 4 heteroatoms. The summed E-state index contributed by atoms with van der Waals surface area (Å²) in [4.78, 5) is 12.2. The van der Waals surface area contributed by atoms with Crippen LogP contribution in [0.3, 0.4) is 0 Å². The zero-order valence-electron chi connectivity index (χ0n) is 11.2. The standard InChI is InChI=1S/C15H19NO3/c1-15(2)11(16)7-10-13(18)12(17)8-5-3-4-6-9(8)14(10)19-15/h3-6,10-11,13-14,18H,7,16H2,1-2H3. The van der Waals surface area contributed by atoms with E-state index in [4.69, 9.17) is 10.5 Å². The Hall–Kier alpha value is -1.23. The molecule has 4 unspecified atom stereocenters. The SMILES string of the molecule is CC1(C)OC2c3ccccc3C(=O)C(O)C2CC1N. The summed E-state index contributed by atoms with van der Waals surface area (Å²) >= 11 is 0. The summed E-state index contributed by atoms with van der Waals surface area (Å²) in [5, 5.41) is 10.2. The van der Waals surface area contributed by atoms with Crippen LogP contribution in [0.15, 0.2) is 24.3 Å². The quantitative estimate of drug-likeness (QED) is 0.741. The highest BCUT2D eigenvalue weighted by molar-refractivity contribution is 6.02. The van der Waals surface area contributed by atoms with E-state index in [1.165, 1.54) is 0 Å². The van der Waals surface area contributed by atoms with Gasteiger partial charge in [0.2, 0.25) is 0 Å². The van der Waals surface area contributed by atoms with Crippen molar-refractivity contribution in [3.05, 3.63) is 35.4 Å². The first-order valence-electron chi connectivity index (χ1n) is 6.66. The van der Waals surface area contributed by atoms with Gasteiger partial charge in [0.15, 0.2) is 5.78 Å². The summed E-state index contributed by atoms with van der Waals surface area (Å²) in [6, 6.07) is 7.18. The van der Waals surface area contributed by atoms with Crippen LogP contribution in [-0.4, -0.2) is 28.6 Å². The van der Waals surface area contributed by atoms with Crippen LogP contribution in [0.25, 0.3) is 0 Å². The van der Waals surface area contributed by atoms with Crippen LogP contribution in [0.4, 0.5) is 0 Å². The molecule has 1 aromatic rings. The molecule has 0 saturated carbocycles. The highest BCUT2D eigenvalue weighted by atomic mass is 16.5. The van der Waals surface area contributed by atoms with Gasteiger partial charge >= 0.3 is 0 Å². The Morgan fingerprint density at radius 3 is 2.79 bits per heavy atom. The van der Waals surface area contributed by atoms with Gasteiger partial charge < -0.3 is 15.6 Å². The molecule has 19 heavy (non-hydrogen) atoms. The molecule has 0 amide bonds. The van der Waals surface area contributed by atoms with Crippen molar-refractivity contribution >= 4 is 5.78 Å². The molecule has 4 atom stereocenters. The number of rotatable bonds is 0. The van der Waals surface area contributed by atoms with Crippen LogP contribution in [0.1, 0.15) is 42.3 Å². The second-order valence-electron chi connectivity index (χ2n) is 6.04. The molecule has 0 spiro atoms. The first-order chi connectivity index (χ1) is 8.92. The third-order valence-corrected chi connectivity index (χ3v) is 4.45. The van der Waals surface area contributed by atoms with Crippen molar-refractivity contribution in [2.24, 2.45) is 11.7 Å². The first kappa shape index (κ1) is 12.8. The van der Waals surface area contributed by atoms with Crippen LogP contribution in [0.2, 0.25) is 0 Å². The van der Waals surface area contributed by atoms with Crippen molar-refractivity contribution in [1.29, 1.82) is 0 Å². The zero-order valence-corrected chi connectivity index (χ0v) is 11.2. The lowest BCUT2D eigenvalue weighted by molar-refractivity contribution is -0.166. The molecule has 102 valence electrons. The number of Topliss-reactive ketones (excluding diaryl/α,β-unsaturated/α-hetero) is 1. The monoisotopic (exact) mass is 261 g/mol. The molecule has 2 aliphatic rings. The van der Waals surface area contributed by atoms with Crippen molar-refractivity contribution in [3.8, 4) is 0 Å². The maximum absolute atomic E-state index is 12.2. The highest BCUT2D eigenvalue weighted by Crippen LogP contribution is 2.46. The van der Waals surface area contributed by atoms with Gasteiger partial charge in [0.1, 0.15) is 6.10 Å². The normalized spacial score (nSPS) is 36.5. The molecule has 3 N–H and O–H groups in total. The largest absolute Gasteiger partial charge is 0.385 e. The van der Waals surface area contributed by atoms with Crippen LogP contribution < -0.4 is 5.73 Å². The van der Waals surface area contributed by atoms with E-state index in [9.17, 15) is 9.90 Å². The average molecular weight is 261 g/mol. The number of ether oxygens (including phenoxy) is 1. The fraction of sp³-hybridized carbons (Fsp3) is 0.533. The van der Waals surface area contributed by atoms with Gasteiger partial charge in [0.05, 0.1) is 11.7 Å².